The van der Waals surface area contributed by atoms with Crippen LogP contribution in [0, 0.1) is 0 Å². The first-order valence-corrected chi connectivity index (χ1v) is 6.27. The minimum atomic E-state index is -1.25. The van der Waals surface area contributed by atoms with Crippen LogP contribution in [0.4, 0.5) is 5.69 Å². The first-order chi connectivity index (χ1) is 9.97. The summed E-state index contributed by atoms with van der Waals surface area (Å²) in [6.45, 7) is 0. The largest absolute Gasteiger partial charge is 0.497 e. The monoisotopic (exact) mass is 308 g/mol. The van der Waals surface area contributed by atoms with Gasteiger partial charge in [-0.1, -0.05) is 11.6 Å². The quantitative estimate of drug-likeness (QED) is 0.901. The third kappa shape index (κ3) is 2.85. The van der Waals surface area contributed by atoms with Crippen LogP contribution in [-0.4, -0.2) is 30.3 Å². The van der Waals surface area contributed by atoms with Gasteiger partial charge in [0.1, 0.15) is 11.5 Å². The summed E-state index contributed by atoms with van der Waals surface area (Å²) in [5, 5.41) is 9.04. The number of anilines is 1. The van der Waals surface area contributed by atoms with Gasteiger partial charge in [0.25, 0.3) is 0 Å². The lowest BCUT2D eigenvalue weighted by molar-refractivity contribution is 0.0691. The van der Waals surface area contributed by atoms with Crippen LogP contribution in [0.3, 0.4) is 0 Å². The van der Waals surface area contributed by atoms with Crippen LogP contribution in [0.2, 0.25) is 5.02 Å². The lowest BCUT2D eigenvalue weighted by atomic mass is 10.1. The molecule has 0 saturated heterocycles. The number of hydrogen-bond acceptors (Lipinski definition) is 5. The number of aromatic carboxylic acids is 1. The zero-order valence-corrected chi connectivity index (χ0v) is 12.1. The van der Waals surface area contributed by atoms with E-state index >= 15 is 0 Å². The second kappa shape index (κ2) is 5.88. The van der Waals surface area contributed by atoms with Gasteiger partial charge in [-0.15, -0.1) is 0 Å². The van der Waals surface area contributed by atoms with Gasteiger partial charge in [0.05, 0.1) is 30.6 Å². The standard InChI is InChI=1S/C14H13ClN2O4/c1-20-7-3-4-11(21-2)8(5-7)10-6-9(16)12(15)13(17-10)14(18)19/h3-6H,1-2H3,(H2,16,17)(H,18,19). The summed E-state index contributed by atoms with van der Waals surface area (Å²) in [5.41, 5.74) is 6.47. The van der Waals surface area contributed by atoms with Crippen molar-refractivity contribution >= 4 is 23.3 Å². The molecule has 0 amide bonds. The van der Waals surface area contributed by atoms with E-state index in [0.29, 0.717) is 22.8 Å². The Morgan fingerprint density at radius 1 is 1.29 bits per heavy atom. The number of pyridine rings is 1. The van der Waals surface area contributed by atoms with Crippen LogP contribution in [-0.2, 0) is 0 Å². The molecule has 1 heterocycles. The number of ether oxygens (including phenoxy) is 2. The summed E-state index contributed by atoms with van der Waals surface area (Å²) in [6, 6.07) is 6.59. The lowest BCUT2D eigenvalue weighted by Gasteiger charge is -2.12. The second-order valence-corrected chi connectivity index (χ2v) is 4.51. The van der Waals surface area contributed by atoms with Gasteiger partial charge in [0.15, 0.2) is 5.69 Å². The number of nitrogen functional groups attached to an aromatic ring is 1. The number of benzene rings is 1. The molecule has 0 spiro atoms. The number of methoxy groups -OCH3 is 2. The summed E-state index contributed by atoms with van der Waals surface area (Å²) in [4.78, 5) is 15.2. The average molecular weight is 309 g/mol. The van der Waals surface area contributed by atoms with Crippen molar-refractivity contribution in [3.05, 3.63) is 35.0 Å². The number of nitrogens with zero attached hydrogens (tertiary/aromatic N) is 1. The fourth-order valence-corrected chi connectivity index (χ4v) is 2.02. The first-order valence-electron chi connectivity index (χ1n) is 5.89. The van der Waals surface area contributed by atoms with Gasteiger partial charge in [0.2, 0.25) is 0 Å². The Balaban J connectivity index is 2.69. The summed E-state index contributed by atoms with van der Waals surface area (Å²) >= 11 is 5.86. The molecule has 2 aromatic rings. The molecule has 0 aliphatic carbocycles. The van der Waals surface area contributed by atoms with Crippen molar-refractivity contribution in [1.82, 2.24) is 4.98 Å². The number of halogens is 1. The minimum absolute atomic E-state index is 0.0897. The number of carboxylic acid groups (broad SMARTS) is 1. The molecule has 0 unspecified atom stereocenters. The molecule has 1 aromatic carbocycles. The van der Waals surface area contributed by atoms with Crippen LogP contribution in [0.5, 0.6) is 11.5 Å². The molecule has 21 heavy (non-hydrogen) atoms. The summed E-state index contributed by atoms with van der Waals surface area (Å²) < 4.78 is 10.4. The van der Waals surface area contributed by atoms with Crippen LogP contribution >= 0.6 is 11.6 Å². The Labute approximate surface area is 126 Å². The molecule has 0 saturated carbocycles. The van der Waals surface area contributed by atoms with E-state index in [0.717, 1.165) is 0 Å². The van der Waals surface area contributed by atoms with Crippen molar-refractivity contribution in [2.24, 2.45) is 0 Å². The first kappa shape index (κ1) is 14.9. The smallest absolute Gasteiger partial charge is 0.356 e. The molecule has 0 atom stereocenters. The molecular weight excluding hydrogens is 296 g/mol. The van der Waals surface area contributed by atoms with Gasteiger partial charge in [-0.2, -0.15) is 0 Å². The highest BCUT2D eigenvalue weighted by Gasteiger charge is 2.18. The molecular formula is C14H13ClN2O4. The van der Waals surface area contributed by atoms with E-state index in [4.69, 9.17) is 31.9 Å². The number of carbonyl (C=O) groups is 1. The summed E-state index contributed by atoms with van der Waals surface area (Å²) in [5.74, 6) is -0.158. The molecule has 0 bridgehead atoms. The number of hydrogen-bond donors (Lipinski definition) is 2. The topological polar surface area (TPSA) is 94.7 Å². The van der Waals surface area contributed by atoms with Crippen molar-refractivity contribution in [3.63, 3.8) is 0 Å². The predicted molar refractivity (Wildman–Crippen MR) is 79.2 cm³/mol. The van der Waals surface area contributed by atoms with Crippen molar-refractivity contribution in [2.75, 3.05) is 20.0 Å². The van der Waals surface area contributed by atoms with Gasteiger partial charge in [0, 0.05) is 5.56 Å². The van der Waals surface area contributed by atoms with Gasteiger partial charge in [-0.05, 0) is 24.3 Å². The van der Waals surface area contributed by atoms with E-state index in [1.807, 2.05) is 0 Å². The summed E-state index contributed by atoms with van der Waals surface area (Å²) in [7, 11) is 3.03. The fourth-order valence-electron chi connectivity index (χ4n) is 1.84. The van der Waals surface area contributed by atoms with Crippen LogP contribution in [0.25, 0.3) is 11.3 Å². The molecule has 0 aliphatic rings. The van der Waals surface area contributed by atoms with E-state index in [1.54, 1.807) is 18.2 Å². The van der Waals surface area contributed by atoms with Crippen molar-refractivity contribution in [3.8, 4) is 22.8 Å². The Morgan fingerprint density at radius 2 is 2.00 bits per heavy atom. The number of rotatable bonds is 4. The fraction of sp³-hybridized carbons (Fsp3) is 0.143. The van der Waals surface area contributed by atoms with Crippen molar-refractivity contribution in [2.45, 2.75) is 0 Å². The highest BCUT2D eigenvalue weighted by atomic mass is 35.5. The lowest BCUT2D eigenvalue weighted by Crippen LogP contribution is -2.05. The van der Waals surface area contributed by atoms with Gasteiger partial charge >= 0.3 is 5.97 Å². The summed E-state index contributed by atoms with van der Waals surface area (Å²) in [6.07, 6.45) is 0. The van der Waals surface area contributed by atoms with Crippen molar-refractivity contribution in [1.29, 1.82) is 0 Å². The van der Waals surface area contributed by atoms with Gasteiger partial charge < -0.3 is 20.3 Å². The zero-order chi connectivity index (χ0) is 15.6. The molecule has 2 rings (SSSR count). The molecule has 0 fully saturated rings. The van der Waals surface area contributed by atoms with Crippen molar-refractivity contribution < 1.29 is 19.4 Å². The maximum Gasteiger partial charge on any atom is 0.356 e. The normalized spacial score (nSPS) is 10.2. The molecule has 6 nitrogen and oxygen atoms in total. The van der Waals surface area contributed by atoms with Crippen LogP contribution in [0.15, 0.2) is 24.3 Å². The van der Waals surface area contributed by atoms with E-state index in [9.17, 15) is 4.79 Å². The van der Waals surface area contributed by atoms with Crippen LogP contribution in [0.1, 0.15) is 10.5 Å². The highest BCUT2D eigenvalue weighted by molar-refractivity contribution is 6.35. The number of carboxylic acids is 1. The number of aromatic nitrogens is 1. The maximum absolute atomic E-state index is 11.2. The van der Waals surface area contributed by atoms with E-state index < -0.39 is 5.97 Å². The predicted octanol–water partition coefficient (Wildman–Crippen LogP) is 2.70. The Morgan fingerprint density at radius 3 is 2.57 bits per heavy atom. The SMILES string of the molecule is COc1ccc(OC)c(-c2cc(N)c(Cl)c(C(=O)O)n2)c1. The highest BCUT2D eigenvalue weighted by Crippen LogP contribution is 2.35. The Bertz CT molecular complexity index is 704. The van der Waals surface area contributed by atoms with Gasteiger partial charge in [-0.25, -0.2) is 9.78 Å². The van der Waals surface area contributed by atoms with E-state index in [-0.39, 0.29) is 16.4 Å². The number of nitrogens with two attached hydrogens (primary N) is 1. The molecule has 0 radical (unpaired) electrons. The molecule has 110 valence electrons. The zero-order valence-electron chi connectivity index (χ0n) is 11.4. The maximum atomic E-state index is 11.2. The molecule has 7 heteroatoms. The van der Waals surface area contributed by atoms with Crippen LogP contribution < -0.4 is 15.2 Å². The van der Waals surface area contributed by atoms with E-state index in [1.165, 1.54) is 20.3 Å². The molecule has 3 N–H and O–H groups in total. The second-order valence-electron chi connectivity index (χ2n) is 4.13. The third-order valence-electron chi connectivity index (χ3n) is 2.87. The van der Waals surface area contributed by atoms with E-state index in [2.05, 4.69) is 4.98 Å². The Hall–Kier alpha value is -2.47. The molecule has 0 aliphatic heterocycles. The molecule has 1 aromatic heterocycles. The Kier molecular flexibility index (Phi) is 4.18. The third-order valence-corrected chi connectivity index (χ3v) is 3.27. The minimum Gasteiger partial charge on any atom is -0.497 e. The average Bonchev–Trinajstić information content (AvgIpc) is 2.48. The van der Waals surface area contributed by atoms with Gasteiger partial charge in [-0.3, -0.25) is 0 Å².